The molecule has 0 amide bonds. The van der Waals surface area contributed by atoms with Gasteiger partial charge in [-0.1, -0.05) is 18.2 Å². The van der Waals surface area contributed by atoms with Gasteiger partial charge in [0.2, 0.25) is 5.88 Å². The number of benzene rings is 1. The lowest BCUT2D eigenvalue weighted by Gasteiger charge is -2.14. The largest absolute Gasteiger partial charge is 0.479 e. The molecule has 1 N–H and O–H groups in total. The minimum absolute atomic E-state index is 0.364. The number of hydrogen-bond acceptors (Lipinski definition) is 5. The topological polar surface area (TPSA) is 73.1 Å². The number of halogens is 3. The van der Waals surface area contributed by atoms with Gasteiger partial charge >= 0.3 is 6.18 Å². The molecule has 2 heterocycles. The van der Waals surface area contributed by atoms with Crippen LogP contribution in [-0.4, -0.2) is 44.2 Å². The zero-order valence-electron chi connectivity index (χ0n) is 13.7. The molecule has 3 rings (SSSR count). The highest BCUT2D eigenvalue weighted by molar-refractivity contribution is 5.71. The Hall–Kier alpha value is -2.94. The summed E-state index contributed by atoms with van der Waals surface area (Å²) in [6, 6.07) is 8.75. The Bertz CT molecular complexity index is 895. The van der Waals surface area contributed by atoms with E-state index in [0.717, 1.165) is 10.2 Å². The van der Waals surface area contributed by atoms with Crippen LogP contribution in [0.15, 0.2) is 48.9 Å². The molecule has 26 heavy (non-hydrogen) atoms. The average molecular weight is 364 g/mol. The van der Waals surface area contributed by atoms with Crippen LogP contribution in [0.1, 0.15) is 0 Å². The normalized spacial score (nSPS) is 12.8. The summed E-state index contributed by atoms with van der Waals surface area (Å²) in [6.07, 6.45) is -2.71. The maximum Gasteiger partial charge on any atom is 0.416 e. The van der Waals surface area contributed by atoms with Gasteiger partial charge in [0.05, 0.1) is 19.3 Å². The third-order valence-corrected chi connectivity index (χ3v) is 3.67. The van der Waals surface area contributed by atoms with Crippen LogP contribution in [0.25, 0.3) is 22.5 Å². The Kier molecular flexibility index (Phi) is 4.90. The van der Waals surface area contributed by atoms with Crippen LogP contribution in [0.2, 0.25) is 0 Å². The molecule has 0 radical (unpaired) electrons. The molecule has 3 aromatic rings. The van der Waals surface area contributed by atoms with Crippen LogP contribution in [0.5, 0.6) is 5.88 Å². The molecule has 0 aliphatic rings. The number of aliphatic hydroxyl groups excluding tert-OH is 1. The number of alkyl halides is 3. The Balaban J connectivity index is 1.87. The van der Waals surface area contributed by atoms with Crippen molar-refractivity contribution < 1.29 is 23.0 Å². The smallest absolute Gasteiger partial charge is 0.416 e. The number of ether oxygens (including phenoxy) is 1. The molecule has 136 valence electrons. The summed E-state index contributed by atoms with van der Waals surface area (Å²) in [5, 5.41) is 13.3. The molecule has 6 nitrogen and oxygen atoms in total. The van der Waals surface area contributed by atoms with Gasteiger partial charge in [-0.05, 0) is 12.1 Å². The van der Waals surface area contributed by atoms with Gasteiger partial charge < -0.3 is 9.84 Å². The van der Waals surface area contributed by atoms with Crippen LogP contribution < -0.4 is 4.74 Å². The molecule has 0 saturated carbocycles. The third kappa shape index (κ3) is 3.83. The quantitative estimate of drug-likeness (QED) is 0.754. The Morgan fingerprint density at radius 1 is 1.15 bits per heavy atom. The van der Waals surface area contributed by atoms with Crippen molar-refractivity contribution in [2.45, 2.75) is 18.8 Å². The second kappa shape index (κ2) is 7.12. The van der Waals surface area contributed by atoms with E-state index in [-0.39, 0.29) is 0 Å². The third-order valence-electron chi connectivity index (χ3n) is 3.67. The van der Waals surface area contributed by atoms with Gasteiger partial charge in [0.15, 0.2) is 6.10 Å². The first-order valence-electron chi connectivity index (χ1n) is 7.62. The highest BCUT2D eigenvalue weighted by Gasteiger charge is 2.38. The van der Waals surface area contributed by atoms with E-state index in [0.29, 0.717) is 22.8 Å². The molecule has 0 saturated heterocycles. The van der Waals surface area contributed by atoms with E-state index >= 15 is 0 Å². The highest BCUT2D eigenvalue weighted by atomic mass is 19.4. The van der Waals surface area contributed by atoms with Gasteiger partial charge in [-0.3, -0.25) is 4.68 Å². The Labute approximate surface area is 146 Å². The highest BCUT2D eigenvalue weighted by Crippen LogP contribution is 2.29. The molecule has 2 aromatic heterocycles. The molecule has 0 bridgehead atoms. The number of aliphatic hydroxyl groups is 1. The van der Waals surface area contributed by atoms with Gasteiger partial charge in [-0.25, -0.2) is 9.97 Å². The summed E-state index contributed by atoms with van der Waals surface area (Å²) in [4.78, 5) is 8.35. The van der Waals surface area contributed by atoms with Crippen LogP contribution in [0, 0.1) is 0 Å². The fourth-order valence-electron chi connectivity index (χ4n) is 2.40. The summed E-state index contributed by atoms with van der Waals surface area (Å²) < 4.78 is 43.6. The molecule has 0 aliphatic carbocycles. The first-order valence-corrected chi connectivity index (χ1v) is 7.62. The standard InChI is InChI=1S/C17H15F3N4O2/c1-26-16-15(21-6-7-22-16)12-4-2-3-11(9-12)13-5-8-24(23-13)10-14(25)17(18,19)20/h2-9,14,25H,10H2,1H3. The fraction of sp³-hybridized carbons (Fsp3) is 0.235. The molecular weight excluding hydrogens is 349 g/mol. The maximum absolute atomic E-state index is 12.5. The Morgan fingerprint density at radius 3 is 2.62 bits per heavy atom. The monoisotopic (exact) mass is 364 g/mol. The molecule has 1 aromatic carbocycles. The number of nitrogens with zero attached hydrogens (tertiary/aromatic N) is 4. The number of methoxy groups -OCH3 is 1. The number of aromatic nitrogens is 4. The lowest BCUT2D eigenvalue weighted by Crippen LogP contribution is -2.32. The Morgan fingerprint density at radius 2 is 1.88 bits per heavy atom. The lowest BCUT2D eigenvalue weighted by atomic mass is 10.1. The van der Waals surface area contributed by atoms with Crippen molar-refractivity contribution in [1.82, 2.24) is 19.7 Å². The van der Waals surface area contributed by atoms with E-state index in [4.69, 9.17) is 9.84 Å². The minimum atomic E-state index is -4.69. The number of hydrogen-bond donors (Lipinski definition) is 1. The van der Waals surface area contributed by atoms with Crippen molar-refractivity contribution >= 4 is 0 Å². The lowest BCUT2D eigenvalue weighted by molar-refractivity contribution is -0.208. The van der Waals surface area contributed by atoms with Crippen molar-refractivity contribution in [3.8, 4) is 28.4 Å². The predicted molar refractivity (Wildman–Crippen MR) is 87.3 cm³/mol. The minimum Gasteiger partial charge on any atom is -0.479 e. The van der Waals surface area contributed by atoms with Crippen LogP contribution >= 0.6 is 0 Å². The molecule has 0 aliphatic heterocycles. The summed E-state index contributed by atoms with van der Waals surface area (Å²) in [7, 11) is 1.49. The predicted octanol–water partition coefficient (Wildman–Crippen LogP) is 2.94. The van der Waals surface area contributed by atoms with E-state index in [1.807, 2.05) is 6.07 Å². The second-order valence-corrected chi connectivity index (χ2v) is 5.48. The van der Waals surface area contributed by atoms with E-state index < -0.39 is 18.8 Å². The van der Waals surface area contributed by atoms with Crippen LogP contribution in [0.3, 0.4) is 0 Å². The van der Waals surface area contributed by atoms with E-state index in [1.165, 1.54) is 25.7 Å². The van der Waals surface area contributed by atoms with Crippen molar-refractivity contribution in [3.05, 3.63) is 48.9 Å². The van der Waals surface area contributed by atoms with E-state index in [9.17, 15) is 13.2 Å². The molecule has 0 fully saturated rings. The molecule has 1 atom stereocenters. The SMILES string of the molecule is COc1nccnc1-c1cccc(-c2ccn(CC(O)C(F)(F)F)n2)c1. The van der Waals surface area contributed by atoms with Crippen LogP contribution in [-0.2, 0) is 6.54 Å². The second-order valence-electron chi connectivity index (χ2n) is 5.48. The van der Waals surface area contributed by atoms with Crippen molar-refractivity contribution in [3.63, 3.8) is 0 Å². The zero-order chi connectivity index (χ0) is 18.7. The van der Waals surface area contributed by atoms with E-state index in [2.05, 4.69) is 15.1 Å². The fourth-order valence-corrected chi connectivity index (χ4v) is 2.40. The van der Waals surface area contributed by atoms with Crippen molar-refractivity contribution in [2.24, 2.45) is 0 Å². The molecule has 0 spiro atoms. The summed E-state index contributed by atoms with van der Waals surface area (Å²) in [5.74, 6) is 0.364. The van der Waals surface area contributed by atoms with Gasteiger partial charge in [-0.15, -0.1) is 0 Å². The number of rotatable bonds is 5. The zero-order valence-corrected chi connectivity index (χ0v) is 13.7. The summed E-state index contributed by atoms with van der Waals surface area (Å²) >= 11 is 0. The molecule has 1 unspecified atom stereocenters. The van der Waals surface area contributed by atoms with Crippen molar-refractivity contribution in [2.75, 3.05) is 7.11 Å². The first-order chi connectivity index (χ1) is 12.4. The average Bonchev–Trinajstić information content (AvgIpc) is 3.09. The molecule has 9 heteroatoms. The maximum atomic E-state index is 12.5. The molecular formula is C17H15F3N4O2. The van der Waals surface area contributed by atoms with Gasteiger partial charge in [0.25, 0.3) is 0 Å². The first kappa shape index (κ1) is 17.9. The van der Waals surface area contributed by atoms with Gasteiger partial charge in [-0.2, -0.15) is 18.3 Å². The van der Waals surface area contributed by atoms with Gasteiger partial charge in [0.1, 0.15) is 5.69 Å². The van der Waals surface area contributed by atoms with Gasteiger partial charge in [0, 0.05) is 29.7 Å². The summed E-state index contributed by atoms with van der Waals surface area (Å²) in [6.45, 7) is -0.666. The van der Waals surface area contributed by atoms with Crippen LogP contribution in [0.4, 0.5) is 13.2 Å². The summed E-state index contributed by atoms with van der Waals surface area (Å²) in [5.41, 5.74) is 2.45. The van der Waals surface area contributed by atoms with Crippen molar-refractivity contribution in [1.29, 1.82) is 0 Å². The van der Waals surface area contributed by atoms with E-state index in [1.54, 1.807) is 24.3 Å².